The fourth-order valence-electron chi connectivity index (χ4n) is 2.46. The second-order valence-corrected chi connectivity index (χ2v) is 6.61. The lowest BCUT2D eigenvalue weighted by atomic mass is 10.3. The van der Waals surface area contributed by atoms with Gasteiger partial charge < -0.3 is 4.52 Å². The van der Waals surface area contributed by atoms with E-state index in [0.29, 0.717) is 22.8 Å². The summed E-state index contributed by atoms with van der Waals surface area (Å²) in [5, 5.41) is 4.55. The highest BCUT2D eigenvalue weighted by Gasteiger charge is 2.20. The first-order chi connectivity index (χ1) is 11.6. The highest BCUT2D eigenvalue weighted by atomic mass is 32.1. The summed E-state index contributed by atoms with van der Waals surface area (Å²) in [6.45, 7) is 3.78. The number of hydrogen-bond donors (Lipinski definition) is 0. The molecule has 24 heavy (non-hydrogen) atoms. The standard InChI is InChI=1S/C16H13N5O2S/c1-9-7-11-15(24-9)18-8-21(16(11)22)10(2)14-19-13(20-23-14)12-5-3-4-6-17-12/h3-8,10H,1-2H3. The van der Waals surface area contributed by atoms with Crippen molar-refractivity contribution in [3.8, 4) is 11.5 Å². The molecular weight excluding hydrogens is 326 g/mol. The number of nitrogens with zero attached hydrogens (tertiary/aromatic N) is 5. The minimum absolute atomic E-state index is 0.116. The maximum absolute atomic E-state index is 12.7. The number of fused-ring (bicyclic) bond motifs is 1. The average Bonchev–Trinajstić information content (AvgIpc) is 3.22. The number of rotatable bonds is 3. The van der Waals surface area contributed by atoms with Gasteiger partial charge in [0.1, 0.15) is 16.6 Å². The second-order valence-electron chi connectivity index (χ2n) is 5.38. The first kappa shape index (κ1) is 14.7. The van der Waals surface area contributed by atoms with Gasteiger partial charge in [0.25, 0.3) is 5.56 Å². The van der Waals surface area contributed by atoms with E-state index in [1.54, 1.807) is 12.3 Å². The van der Waals surface area contributed by atoms with Crippen LogP contribution in [0.3, 0.4) is 0 Å². The summed E-state index contributed by atoms with van der Waals surface area (Å²) in [7, 11) is 0. The van der Waals surface area contributed by atoms with Crippen molar-refractivity contribution in [3.63, 3.8) is 0 Å². The lowest BCUT2D eigenvalue weighted by molar-refractivity contribution is 0.342. The van der Waals surface area contributed by atoms with Crippen LogP contribution in [0.2, 0.25) is 0 Å². The van der Waals surface area contributed by atoms with Crippen LogP contribution in [0.1, 0.15) is 23.7 Å². The van der Waals surface area contributed by atoms with E-state index in [1.165, 1.54) is 22.2 Å². The Labute approximate surface area is 140 Å². The second kappa shape index (κ2) is 5.64. The molecule has 4 aromatic heterocycles. The Morgan fingerprint density at radius 2 is 2.17 bits per heavy atom. The number of aromatic nitrogens is 5. The van der Waals surface area contributed by atoms with Crippen LogP contribution in [-0.2, 0) is 0 Å². The van der Waals surface area contributed by atoms with Crippen molar-refractivity contribution in [3.05, 3.63) is 57.9 Å². The zero-order chi connectivity index (χ0) is 16.7. The van der Waals surface area contributed by atoms with Crippen molar-refractivity contribution in [1.29, 1.82) is 0 Å². The first-order valence-electron chi connectivity index (χ1n) is 7.36. The summed E-state index contributed by atoms with van der Waals surface area (Å²) >= 11 is 1.50. The van der Waals surface area contributed by atoms with Crippen molar-refractivity contribution in [2.75, 3.05) is 0 Å². The van der Waals surface area contributed by atoms with Crippen LogP contribution in [-0.4, -0.2) is 24.7 Å². The van der Waals surface area contributed by atoms with Crippen molar-refractivity contribution in [2.24, 2.45) is 0 Å². The Balaban J connectivity index is 1.74. The van der Waals surface area contributed by atoms with E-state index < -0.39 is 6.04 Å². The molecule has 4 heterocycles. The molecule has 0 bridgehead atoms. The van der Waals surface area contributed by atoms with Crippen LogP contribution in [0.25, 0.3) is 21.7 Å². The molecule has 0 amide bonds. The SMILES string of the molecule is Cc1cc2c(=O)n(C(C)c3nc(-c4ccccn4)no3)cnc2s1. The summed E-state index contributed by atoms with van der Waals surface area (Å²) < 4.78 is 6.83. The molecule has 0 radical (unpaired) electrons. The van der Waals surface area contributed by atoms with Crippen LogP contribution in [0.5, 0.6) is 0 Å². The molecule has 0 aliphatic heterocycles. The molecule has 4 aromatic rings. The normalized spacial score (nSPS) is 12.6. The molecule has 1 unspecified atom stereocenters. The topological polar surface area (TPSA) is 86.7 Å². The molecule has 0 aliphatic rings. The van der Waals surface area contributed by atoms with Gasteiger partial charge in [-0.15, -0.1) is 11.3 Å². The molecule has 0 aromatic carbocycles. The van der Waals surface area contributed by atoms with Gasteiger partial charge in [0.15, 0.2) is 0 Å². The lowest BCUT2D eigenvalue weighted by Crippen LogP contribution is -2.24. The number of hydrogen-bond acceptors (Lipinski definition) is 7. The van der Waals surface area contributed by atoms with Crippen molar-refractivity contribution in [2.45, 2.75) is 19.9 Å². The van der Waals surface area contributed by atoms with E-state index >= 15 is 0 Å². The minimum atomic E-state index is -0.417. The zero-order valence-electron chi connectivity index (χ0n) is 13.0. The van der Waals surface area contributed by atoms with E-state index in [9.17, 15) is 4.79 Å². The molecule has 4 rings (SSSR count). The molecule has 0 fully saturated rings. The highest BCUT2D eigenvalue weighted by Crippen LogP contribution is 2.22. The highest BCUT2D eigenvalue weighted by molar-refractivity contribution is 7.18. The Hall–Kier alpha value is -2.87. The minimum Gasteiger partial charge on any atom is -0.337 e. The third-order valence-electron chi connectivity index (χ3n) is 3.71. The first-order valence-corrected chi connectivity index (χ1v) is 8.17. The monoisotopic (exact) mass is 339 g/mol. The maximum atomic E-state index is 12.7. The molecule has 0 saturated heterocycles. The molecule has 0 N–H and O–H groups in total. The van der Waals surface area contributed by atoms with Crippen molar-refractivity contribution < 1.29 is 4.52 Å². The molecule has 0 saturated carbocycles. The summed E-state index contributed by atoms with van der Waals surface area (Å²) in [5.41, 5.74) is 0.503. The molecular formula is C16H13N5O2S. The van der Waals surface area contributed by atoms with E-state index in [2.05, 4.69) is 20.1 Å². The van der Waals surface area contributed by atoms with Gasteiger partial charge in [-0.05, 0) is 32.0 Å². The molecule has 8 heteroatoms. The van der Waals surface area contributed by atoms with Gasteiger partial charge in [-0.3, -0.25) is 14.3 Å². The lowest BCUT2D eigenvalue weighted by Gasteiger charge is -2.09. The van der Waals surface area contributed by atoms with Crippen molar-refractivity contribution in [1.82, 2.24) is 24.7 Å². The van der Waals surface area contributed by atoms with Gasteiger partial charge in [-0.1, -0.05) is 11.2 Å². The summed E-state index contributed by atoms with van der Waals surface area (Å²) in [4.78, 5) is 27.4. The predicted molar refractivity (Wildman–Crippen MR) is 90.0 cm³/mol. The average molecular weight is 339 g/mol. The Bertz CT molecular complexity index is 1070. The van der Waals surface area contributed by atoms with Crippen LogP contribution in [0, 0.1) is 6.92 Å². The quantitative estimate of drug-likeness (QED) is 0.570. The Morgan fingerprint density at radius 3 is 2.96 bits per heavy atom. The molecule has 0 aliphatic carbocycles. The van der Waals surface area contributed by atoms with Gasteiger partial charge in [0.2, 0.25) is 11.7 Å². The van der Waals surface area contributed by atoms with Crippen LogP contribution >= 0.6 is 11.3 Å². The summed E-state index contributed by atoms with van der Waals surface area (Å²) in [5.74, 6) is 0.733. The zero-order valence-corrected chi connectivity index (χ0v) is 13.8. The molecule has 1 atom stereocenters. The van der Waals surface area contributed by atoms with Gasteiger partial charge in [-0.2, -0.15) is 4.98 Å². The van der Waals surface area contributed by atoms with Crippen LogP contribution in [0.4, 0.5) is 0 Å². The maximum Gasteiger partial charge on any atom is 0.262 e. The summed E-state index contributed by atoms with van der Waals surface area (Å²) in [6.07, 6.45) is 3.19. The fraction of sp³-hybridized carbons (Fsp3) is 0.188. The van der Waals surface area contributed by atoms with Gasteiger partial charge >= 0.3 is 0 Å². The van der Waals surface area contributed by atoms with Gasteiger partial charge in [0.05, 0.1) is 11.7 Å². The molecule has 7 nitrogen and oxygen atoms in total. The van der Waals surface area contributed by atoms with E-state index in [0.717, 1.165) is 9.71 Å². The smallest absolute Gasteiger partial charge is 0.262 e. The van der Waals surface area contributed by atoms with Gasteiger partial charge in [0, 0.05) is 11.1 Å². The number of thiophene rings is 1. The largest absolute Gasteiger partial charge is 0.337 e. The fourth-order valence-corrected chi connectivity index (χ4v) is 3.29. The molecule has 0 spiro atoms. The van der Waals surface area contributed by atoms with E-state index in [1.807, 2.05) is 32.0 Å². The third-order valence-corrected chi connectivity index (χ3v) is 4.67. The van der Waals surface area contributed by atoms with E-state index in [4.69, 9.17) is 4.52 Å². The number of pyridine rings is 1. The van der Waals surface area contributed by atoms with Gasteiger partial charge in [-0.25, -0.2) is 4.98 Å². The molecule has 120 valence electrons. The predicted octanol–water partition coefficient (Wildman–Crippen LogP) is 2.82. The third kappa shape index (κ3) is 2.41. The number of aryl methyl sites for hydroxylation is 1. The Morgan fingerprint density at radius 1 is 1.29 bits per heavy atom. The van der Waals surface area contributed by atoms with Crippen molar-refractivity contribution >= 4 is 21.6 Å². The van der Waals surface area contributed by atoms with Crippen LogP contribution < -0.4 is 5.56 Å². The van der Waals surface area contributed by atoms with Crippen LogP contribution in [0.15, 0.2) is 46.1 Å². The Kier molecular flexibility index (Phi) is 3.46. The summed E-state index contributed by atoms with van der Waals surface area (Å²) in [6, 6.07) is 6.90. The van der Waals surface area contributed by atoms with E-state index in [-0.39, 0.29) is 5.56 Å².